The van der Waals surface area contributed by atoms with Crippen molar-refractivity contribution in [1.29, 1.82) is 0 Å². The fourth-order valence-corrected chi connectivity index (χ4v) is 6.17. The number of nitro groups is 1. The average Bonchev–Trinajstić information content (AvgIpc) is 3.40. The van der Waals surface area contributed by atoms with Crippen LogP contribution in [0.4, 0.5) is 5.69 Å². The van der Waals surface area contributed by atoms with Crippen LogP contribution in [-0.4, -0.2) is 48.4 Å². The van der Waals surface area contributed by atoms with E-state index in [1.165, 1.54) is 23.8 Å². The van der Waals surface area contributed by atoms with Gasteiger partial charge in [0.05, 0.1) is 47.1 Å². The topological polar surface area (TPSA) is 158 Å². The second kappa shape index (κ2) is 15.4. The number of thiazole rings is 1. The van der Waals surface area contributed by atoms with Crippen LogP contribution in [0.3, 0.4) is 0 Å². The second-order valence-electron chi connectivity index (χ2n) is 10.6. The molecule has 0 N–H and O–H groups in total. The SMILES string of the molecule is CCOC(=O)C1=C(C)N=c2s/c(=C\c3ccccc3OCc3ccc([N+](=O)[O-])cc3)c(=O)n2[C@@H]1c1ccc(OCC(=O)OC)c(OCC)c1. The summed E-state index contributed by atoms with van der Waals surface area (Å²) in [6.07, 6.45) is 1.70. The molecule has 3 aromatic carbocycles. The van der Waals surface area contributed by atoms with Gasteiger partial charge in [0.15, 0.2) is 22.9 Å². The number of ether oxygens (including phenoxy) is 5. The number of aromatic nitrogens is 1. The van der Waals surface area contributed by atoms with E-state index >= 15 is 0 Å². The van der Waals surface area contributed by atoms with Crippen LogP contribution in [0.25, 0.3) is 6.08 Å². The van der Waals surface area contributed by atoms with Gasteiger partial charge in [0.25, 0.3) is 11.2 Å². The summed E-state index contributed by atoms with van der Waals surface area (Å²) in [6.45, 7) is 5.39. The van der Waals surface area contributed by atoms with Crippen LogP contribution >= 0.6 is 11.3 Å². The van der Waals surface area contributed by atoms with Crippen LogP contribution in [0.2, 0.25) is 0 Å². The number of methoxy groups -OCH3 is 1. The lowest BCUT2D eigenvalue weighted by Gasteiger charge is -2.25. The van der Waals surface area contributed by atoms with Crippen molar-refractivity contribution < 1.29 is 38.2 Å². The van der Waals surface area contributed by atoms with Gasteiger partial charge in [-0.15, -0.1) is 0 Å². The largest absolute Gasteiger partial charge is 0.490 e. The monoisotopic (exact) mass is 687 g/mol. The molecular formula is C35H33N3O10S. The summed E-state index contributed by atoms with van der Waals surface area (Å²) < 4.78 is 29.4. The second-order valence-corrected chi connectivity index (χ2v) is 11.6. The average molecular weight is 688 g/mol. The van der Waals surface area contributed by atoms with E-state index in [0.29, 0.717) is 37.7 Å². The first-order valence-corrected chi connectivity index (χ1v) is 16.1. The minimum Gasteiger partial charge on any atom is -0.490 e. The lowest BCUT2D eigenvalue weighted by molar-refractivity contribution is -0.384. The van der Waals surface area contributed by atoms with Crippen molar-refractivity contribution >= 4 is 35.0 Å². The molecule has 0 spiro atoms. The predicted molar refractivity (Wildman–Crippen MR) is 179 cm³/mol. The van der Waals surface area contributed by atoms with Crippen LogP contribution in [0.5, 0.6) is 17.2 Å². The maximum Gasteiger partial charge on any atom is 0.343 e. The summed E-state index contributed by atoms with van der Waals surface area (Å²) in [4.78, 5) is 54.8. The highest BCUT2D eigenvalue weighted by Gasteiger charge is 2.34. The maximum absolute atomic E-state index is 14.2. The van der Waals surface area contributed by atoms with Gasteiger partial charge >= 0.3 is 11.9 Å². The fraction of sp³-hybridized carbons (Fsp3) is 0.257. The molecule has 2 heterocycles. The van der Waals surface area contributed by atoms with Gasteiger partial charge in [0, 0.05) is 17.7 Å². The fourth-order valence-electron chi connectivity index (χ4n) is 5.13. The van der Waals surface area contributed by atoms with Crippen molar-refractivity contribution in [2.45, 2.75) is 33.4 Å². The Morgan fingerprint density at radius 2 is 1.73 bits per heavy atom. The van der Waals surface area contributed by atoms with Gasteiger partial charge in [-0.1, -0.05) is 35.6 Å². The number of esters is 2. The van der Waals surface area contributed by atoms with Crippen molar-refractivity contribution in [3.05, 3.63) is 124 Å². The van der Waals surface area contributed by atoms with Crippen molar-refractivity contribution in [3.8, 4) is 17.2 Å². The number of allylic oxidation sites excluding steroid dienone is 1. The Labute approximate surface area is 284 Å². The lowest BCUT2D eigenvalue weighted by Crippen LogP contribution is -2.40. The van der Waals surface area contributed by atoms with Crippen molar-refractivity contribution in [3.63, 3.8) is 0 Å². The van der Waals surface area contributed by atoms with Crippen molar-refractivity contribution in [1.82, 2.24) is 4.57 Å². The van der Waals surface area contributed by atoms with Gasteiger partial charge in [-0.05, 0) is 68.3 Å². The standard InChI is InChI=1S/C35H33N3O10S/c1-5-45-28-17-24(13-16-27(28)48-20-30(39)44-4)32-31(34(41)46-6-2)21(3)36-35-37(32)33(40)29(49-35)18-23-9-7-8-10-26(23)47-19-22-11-14-25(15-12-22)38(42)43/h7-18,32H,5-6,19-20H2,1-4H3/b29-18-/t32-/m1/s1. The molecule has 0 amide bonds. The minimum atomic E-state index is -0.917. The van der Waals surface area contributed by atoms with Crippen molar-refractivity contribution in [2.24, 2.45) is 4.99 Å². The van der Waals surface area contributed by atoms with E-state index in [1.54, 1.807) is 75.4 Å². The number of hydrogen-bond acceptors (Lipinski definition) is 12. The molecule has 254 valence electrons. The first-order chi connectivity index (χ1) is 23.6. The molecule has 1 aliphatic rings. The summed E-state index contributed by atoms with van der Waals surface area (Å²) in [5.41, 5.74) is 2.07. The number of fused-ring (bicyclic) bond motifs is 1. The Kier molecular flexibility index (Phi) is 10.9. The molecule has 0 aliphatic carbocycles. The summed E-state index contributed by atoms with van der Waals surface area (Å²) in [5, 5.41) is 11.0. The smallest absolute Gasteiger partial charge is 0.343 e. The Hall–Kier alpha value is -5.76. The van der Waals surface area contributed by atoms with Gasteiger partial charge in [-0.25, -0.2) is 14.6 Å². The zero-order valence-corrected chi connectivity index (χ0v) is 28.0. The van der Waals surface area contributed by atoms with Crippen molar-refractivity contribution in [2.75, 3.05) is 26.9 Å². The number of para-hydroxylation sites is 1. The molecular weight excluding hydrogens is 654 g/mol. The molecule has 4 aromatic rings. The summed E-state index contributed by atoms with van der Waals surface area (Å²) in [5.74, 6) is -0.0946. The molecule has 13 nitrogen and oxygen atoms in total. The number of carbonyl (C=O) groups is 2. The number of nitro benzene ring substituents is 1. The lowest BCUT2D eigenvalue weighted by atomic mass is 9.95. The first kappa shape index (κ1) is 34.6. The Balaban J connectivity index is 1.57. The van der Waals surface area contributed by atoms with Gasteiger partial charge in [0.2, 0.25) is 0 Å². The number of non-ortho nitro benzene ring substituents is 1. The first-order valence-electron chi connectivity index (χ1n) is 15.3. The maximum atomic E-state index is 14.2. The molecule has 1 atom stereocenters. The molecule has 0 unspecified atom stereocenters. The van der Waals surface area contributed by atoms with Crippen LogP contribution in [-0.2, 0) is 25.7 Å². The number of benzene rings is 3. The summed E-state index contributed by atoms with van der Waals surface area (Å²) in [6, 6.07) is 17.3. The van der Waals surface area contributed by atoms with E-state index in [9.17, 15) is 24.5 Å². The summed E-state index contributed by atoms with van der Waals surface area (Å²) >= 11 is 1.16. The predicted octanol–water partition coefficient (Wildman–Crippen LogP) is 4.24. The molecule has 0 fully saturated rings. The number of rotatable bonds is 13. The Bertz CT molecular complexity index is 2100. The summed E-state index contributed by atoms with van der Waals surface area (Å²) in [7, 11) is 1.26. The molecule has 0 bridgehead atoms. The number of nitrogens with zero attached hydrogens (tertiary/aromatic N) is 3. The van der Waals surface area contributed by atoms with Crippen LogP contribution in [0, 0.1) is 10.1 Å². The van der Waals surface area contributed by atoms with Crippen LogP contribution < -0.4 is 29.1 Å². The van der Waals surface area contributed by atoms with E-state index in [0.717, 1.165) is 16.9 Å². The molecule has 0 radical (unpaired) electrons. The van der Waals surface area contributed by atoms with E-state index in [1.807, 2.05) is 6.07 Å². The molecule has 1 aromatic heterocycles. The quantitative estimate of drug-likeness (QED) is 0.113. The zero-order chi connectivity index (χ0) is 35.1. The zero-order valence-electron chi connectivity index (χ0n) is 27.2. The molecule has 14 heteroatoms. The molecule has 0 saturated carbocycles. The molecule has 1 aliphatic heterocycles. The van der Waals surface area contributed by atoms with Crippen LogP contribution in [0.1, 0.15) is 43.5 Å². The van der Waals surface area contributed by atoms with E-state index in [4.69, 9.17) is 18.9 Å². The Morgan fingerprint density at radius 1 is 0.980 bits per heavy atom. The number of carbonyl (C=O) groups excluding carboxylic acids is 2. The van der Waals surface area contributed by atoms with E-state index in [-0.39, 0.29) is 43.4 Å². The minimum absolute atomic E-state index is 0.0175. The number of hydrogen-bond donors (Lipinski definition) is 0. The normalized spacial score (nSPS) is 14.0. The van der Waals surface area contributed by atoms with E-state index in [2.05, 4.69) is 9.73 Å². The third kappa shape index (κ3) is 7.70. The highest BCUT2D eigenvalue weighted by atomic mass is 32.1. The van der Waals surface area contributed by atoms with E-state index < -0.39 is 28.5 Å². The third-order valence-electron chi connectivity index (χ3n) is 7.42. The van der Waals surface area contributed by atoms with Gasteiger partial charge in [-0.3, -0.25) is 19.5 Å². The molecule has 5 rings (SSSR count). The highest BCUT2D eigenvalue weighted by Crippen LogP contribution is 2.36. The third-order valence-corrected chi connectivity index (χ3v) is 8.40. The van der Waals surface area contributed by atoms with Gasteiger partial charge < -0.3 is 23.7 Å². The molecule has 0 saturated heterocycles. The van der Waals surface area contributed by atoms with Crippen LogP contribution in [0.15, 0.2) is 87.8 Å². The Morgan fingerprint density at radius 3 is 2.43 bits per heavy atom. The highest BCUT2D eigenvalue weighted by molar-refractivity contribution is 7.07. The van der Waals surface area contributed by atoms with Gasteiger partial charge in [-0.2, -0.15) is 0 Å². The van der Waals surface area contributed by atoms with Gasteiger partial charge in [0.1, 0.15) is 12.4 Å². The molecule has 49 heavy (non-hydrogen) atoms.